The van der Waals surface area contributed by atoms with Crippen LogP contribution >= 0.6 is 0 Å². The summed E-state index contributed by atoms with van der Waals surface area (Å²) in [6.07, 6.45) is 8.68. The lowest BCUT2D eigenvalue weighted by molar-refractivity contribution is -0.136. The van der Waals surface area contributed by atoms with Gasteiger partial charge >= 0.3 is 0 Å². The number of nitrogens with one attached hydrogen (secondary N) is 2. The molecule has 11 nitrogen and oxygen atoms in total. The maximum atomic E-state index is 12.8. The zero-order valence-corrected chi connectivity index (χ0v) is 23.2. The van der Waals surface area contributed by atoms with Crippen molar-refractivity contribution in [2.45, 2.75) is 77.3 Å². The molecule has 0 spiro atoms. The highest BCUT2D eigenvalue weighted by molar-refractivity contribution is 6.05. The minimum absolute atomic E-state index is 0.113. The fourth-order valence-electron chi connectivity index (χ4n) is 4.91. The number of fused-ring (bicyclic) bond motifs is 1. The molecule has 11 heteroatoms. The van der Waals surface area contributed by atoms with E-state index in [1.165, 1.54) is 4.90 Å². The number of imide groups is 1. The van der Waals surface area contributed by atoms with Crippen molar-refractivity contribution in [3.05, 3.63) is 46.9 Å². The van der Waals surface area contributed by atoms with Crippen LogP contribution in [-0.2, 0) is 22.6 Å². The van der Waals surface area contributed by atoms with Crippen molar-refractivity contribution in [2.24, 2.45) is 0 Å². The van der Waals surface area contributed by atoms with E-state index in [0.29, 0.717) is 43.3 Å². The second-order valence-electron chi connectivity index (χ2n) is 10.1. The van der Waals surface area contributed by atoms with E-state index in [1.807, 2.05) is 6.07 Å². The van der Waals surface area contributed by atoms with E-state index in [2.05, 4.69) is 27.5 Å². The summed E-state index contributed by atoms with van der Waals surface area (Å²) in [5.74, 6) is 0.0214. The zero-order valence-electron chi connectivity index (χ0n) is 23.2. The molecule has 1 atom stereocenters. The van der Waals surface area contributed by atoms with E-state index in [-0.39, 0.29) is 30.0 Å². The van der Waals surface area contributed by atoms with E-state index in [1.54, 1.807) is 25.4 Å². The Labute approximate surface area is 234 Å². The van der Waals surface area contributed by atoms with Gasteiger partial charge in [0.05, 0.1) is 13.7 Å². The third-order valence-corrected chi connectivity index (χ3v) is 7.14. The van der Waals surface area contributed by atoms with Gasteiger partial charge in [0.2, 0.25) is 23.5 Å². The monoisotopic (exact) mass is 551 g/mol. The zero-order chi connectivity index (χ0) is 28.5. The minimum Gasteiger partial charge on any atom is -0.494 e. The standard InChI is InChI=1S/C29H37N5O6/c1-3-4-9-19-17-31-25(33-28(19)39-2)27(37)30-14-7-5-6-8-15-40-21-10-11-22-20(16-21)18-34(29(22)38)23-12-13-24(35)32-26(23)36/h10-11,16-17,23H,3-9,12-15,18H2,1-2H3,(H,30,37)(H,32,35,36). The smallest absolute Gasteiger partial charge is 0.289 e. The first-order chi connectivity index (χ1) is 19.4. The number of piperidine rings is 1. The summed E-state index contributed by atoms with van der Waals surface area (Å²) in [7, 11) is 1.55. The third-order valence-electron chi connectivity index (χ3n) is 7.14. The van der Waals surface area contributed by atoms with Crippen molar-refractivity contribution in [2.75, 3.05) is 20.3 Å². The fourth-order valence-corrected chi connectivity index (χ4v) is 4.91. The van der Waals surface area contributed by atoms with E-state index in [4.69, 9.17) is 9.47 Å². The van der Waals surface area contributed by atoms with E-state index in [0.717, 1.165) is 56.1 Å². The van der Waals surface area contributed by atoms with E-state index >= 15 is 0 Å². The van der Waals surface area contributed by atoms with Gasteiger partial charge in [-0.3, -0.25) is 24.5 Å². The Balaban J connectivity index is 1.13. The van der Waals surface area contributed by atoms with Gasteiger partial charge in [-0.25, -0.2) is 4.98 Å². The molecule has 2 aliphatic rings. The van der Waals surface area contributed by atoms with E-state index < -0.39 is 11.9 Å². The topological polar surface area (TPSA) is 140 Å². The molecule has 1 fully saturated rings. The summed E-state index contributed by atoms with van der Waals surface area (Å²) in [6.45, 7) is 3.51. The molecule has 0 aliphatic carbocycles. The number of ether oxygens (including phenoxy) is 2. The second kappa shape index (κ2) is 13.9. The molecule has 1 aromatic carbocycles. The molecule has 1 aromatic heterocycles. The van der Waals surface area contributed by atoms with Crippen LogP contribution in [0.3, 0.4) is 0 Å². The largest absolute Gasteiger partial charge is 0.494 e. The molecule has 0 radical (unpaired) electrons. The van der Waals surface area contributed by atoms with Crippen molar-refractivity contribution in [3.63, 3.8) is 0 Å². The predicted molar refractivity (Wildman–Crippen MR) is 146 cm³/mol. The lowest BCUT2D eigenvalue weighted by Crippen LogP contribution is -2.52. The first-order valence-electron chi connectivity index (χ1n) is 14.0. The molecule has 214 valence electrons. The Morgan fingerprint density at radius 2 is 1.98 bits per heavy atom. The molecular weight excluding hydrogens is 514 g/mol. The summed E-state index contributed by atoms with van der Waals surface area (Å²) in [5.41, 5.74) is 2.29. The summed E-state index contributed by atoms with van der Waals surface area (Å²) < 4.78 is 11.2. The van der Waals surface area contributed by atoms with Crippen LogP contribution in [0.25, 0.3) is 0 Å². The van der Waals surface area contributed by atoms with E-state index in [9.17, 15) is 19.2 Å². The van der Waals surface area contributed by atoms with Crippen molar-refractivity contribution in [1.29, 1.82) is 0 Å². The number of benzene rings is 1. The van der Waals surface area contributed by atoms with Crippen molar-refractivity contribution >= 4 is 23.6 Å². The van der Waals surface area contributed by atoms with Gasteiger partial charge in [0.1, 0.15) is 11.8 Å². The normalized spacial score (nSPS) is 16.5. The number of unbranched alkanes of at least 4 members (excludes halogenated alkanes) is 4. The molecule has 2 N–H and O–H groups in total. The molecule has 0 saturated carbocycles. The number of rotatable bonds is 14. The summed E-state index contributed by atoms with van der Waals surface area (Å²) >= 11 is 0. The van der Waals surface area contributed by atoms with Crippen molar-refractivity contribution in [1.82, 2.24) is 25.5 Å². The number of amides is 4. The second-order valence-corrected chi connectivity index (χ2v) is 10.1. The molecule has 2 aromatic rings. The summed E-state index contributed by atoms with van der Waals surface area (Å²) in [6, 6.07) is 4.73. The van der Waals surface area contributed by atoms with Crippen LogP contribution in [0, 0.1) is 0 Å². The molecular formula is C29H37N5O6. The van der Waals surface area contributed by atoms with Gasteiger partial charge in [-0.05, 0) is 55.9 Å². The average Bonchev–Trinajstić information content (AvgIpc) is 3.28. The van der Waals surface area contributed by atoms with Crippen LogP contribution in [0.2, 0.25) is 0 Å². The van der Waals surface area contributed by atoms with Crippen LogP contribution in [-0.4, -0.2) is 64.8 Å². The first kappa shape index (κ1) is 29.0. The lowest BCUT2D eigenvalue weighted by atomic mass is 10.0. The first-order valence-corrected chi connectivity index (χ1v) is 14.0. The quantitative estimate of drug-likeness (QED) is 0.270. The summed E-state index contributed by atoms with van der Waals surface area (Å²) in [5, 5.41) is 5.18. The van der Waals surface area contributed by atoms with Crippen molar-refractivity contribution < 1.29 is 28.7 Å². The fraction of sp³-hybridized carbons (Fsp3) is 0.517. The Hall–Kier alpha value is -4.02. The number of hydrogen-bond acceptors (Lipinski definition) is 8. The number of carbonyl (C=O) groups excluding carboxylic acids is 4. The van der Waals surface area contributed by atoms with Gasteiger partial charge in [0, 0.05) is 36.8 Å². The van der Waals surface area contributed by atoms with Gasteiger partial charge in [-0.2, -0.15) is 4.98 Å². The number of aryl methyl sites for hydroxylation is 1. The van der Waals surface area contributed by atoms with Gasteiger partial charge < -0.3 is 19.7 Å². The highest BCUT2D eigenvalue weighted by Gasteiger charge is 2.39. The number of hydrogen-bond donors (Lipinski definition) is 2. The Bertz CT molecular complexity index is 1250. The maximum absolute atomic E-state index is 12.8. The Morgan fingerprint density at radius 1 is 1.15 bits per heavy atom. The SMILES string of the molecule is CCCCc1cnc(C(=O)NCCCCCCOc2ccc3c(c2)CN(C2CCC(=O)NC2=O)C3=O)nc1OC. The van der Waals surface area contributed by atoms with Gasteiger partial charge in [0.15, 0.2) is 0 Å². The van der Waals surface area contributed by atoms with Crippen LogP contribution in [0.4, 0.5) is 0 Å². The average molecular weight is 552 g/mol. The molecule has 0 bridgehead atoms. The number of nitrogens with zero attached hydrogens (tertiary/aromatic N) is 3. The Kier molecular flexibility index (Phi) is 10.0. The molecule has 4 amide bonds. The van der Waals surface area contributed by atoms with Gasteiger partial charge in [-0.15, -0.1) is 0 Å². The Morgan fingerprint density at radius 3 is 2.75 bits per heavy atom. The highest BCUT2D eigenvalue weighted by Crippen LogP contribution is 2.30. The third kappa shape index (κ3) is 7.13. The molecule has 1 unspecified atom stereocenters. The van der Waals surface area contributed by atoms with Crippen molar-refractivity contribution in [3.8, 4) is 11.6 Å². The number of methoxy groups -OCH3 is 1. The summed E-state index contributed by atoms with van der Waals surface area (Å²) in [4.78, 5) is 58.8. The maximum Gasteiger partial charge on any atom is 0.289 e. The molecule has 1 saturated heterocycles. The van der Waals surface area contributed by atoms with Crippen LogP contribution in [0.5, 0.6) is 11.6 Å². The van der Waals surface area contributed by atoms with Crippen LogP contribution in [0.1, 0.15) is 90.4 Å². The number of aromatic nitrogens is 2. The number of carbonyl (C=O) groups is 4. The van der Waals surface area contributed by atoms with Crippen LogP contribution < -0.4 is 20.1 Å². The minimum atomic E-state index is -0.627. The predicted octanol–water partition coefficient (Wildman–Crippen LogP) is 2.96. The van der Waals surface area contributed by atoms with Crippen LogP contribution in [0.15, 0.2) is 24.4 Å². The van der Waals surface area contributed by atoms with Gasteiger partial charge in [0.25, 0.3) is 11.8 Å². The molecule has 4 rings (SSSR count). The highest BCUT2D eigenvalue weighted by atomic mass is 16.5. The lowest BCUT2D eigenvalue weighted by Gasteiger charge is -2.29. The molecule has 2 aliphatic heterocycles. The van der Waals surface area contributed by atoms with Gasteiger partial charge in [-0.1, -0.05) is 26.2 Å². The molecule has 3 heterocycles. The molecule has 40 heavy (non-hydrogen) atoms.